The maximum Gasteiger partial charge on any atom is 0.164 e. The van der Waals surface area contributed by atoms with Gasteiger partial charge in [-0.15, -0.1) is 0 Å². The number of nitrogen functional groups attached to an aromatic ring is 1. The third kappa shape index (κ3) is 0.722. The van der Waals surface area contributed by atoms with Crippen LogP contribution in [0.3, 0.4) is 0 Å². The molecule has 0 bridgehead atoms. The van der Waals surface area contributed by atoms with Gasteiger partial charge in [0.2, 0.25) is 0 Å². The van der Waals surface area contributed by atoms with Crippen molar-refractivity contribution < 1.29 is 0 Å². The first-order valence-corrected chi connectivity index (χ1v) is 2.85. The molecular weight excluding hydrogens is 128 g/mol. The van der Waals surface area contributed by atoms with Gasteiger partial charge < -0.3 is 10.3 Å². The zero-order valence-corrected chi connectivity index (χ0v) is 5.92. The lowest BCUT2D eigenvalue weighted by atomic mass is 10.5. The van der Waals surface area contributed by atoms with Gasteiger partial charge in [-0.3, -0.25) is 0 Å². The minimum atomic E-state index is 0.308. The Balaban J connectivity index is 3.37. The van der Waals surface area contributed by atoms with Crippen molar-refractivity contribution in [1.29, 1.82) is 5.26 Å². The highest BCUT2D eigenvalue weighted by molar-refractivity contribution is 5.45. The summed E-state index contributed by atoms with van der Waals surface area (Å²) in [6, 6.07) is 1.96. The van der Waals surface area contributed by atoms with Crippen LogP contribution in [0.1, 0.15) is 11.5 Å². The number of rotatable bonds is 0. The predicted octanol–water partition coefficient (Wildman–Crippen LogP) is 0.182. The first-order chi connectivity index (χ1) is 4.66. The SMILES string of the molecule is Cc1nc(N)c(C#N)n1C. The Morgan fingerprint density at radius 1 is 1.70 bits per heavy atom. The fraction of sp³-hybridized carbons (Fsp3) is 0.333. The highest BCUT2D eigenvalue weighted by Crippen LogP contribution is 2.08. The van der Waals surface area contributed by atoms with Crippen molar-refractivity contribution in [2.24, 2.45) is 7.05 Å². The molecule has 0 aliphatic heterocycles. The molecule has 4 nitrogen and oxygen atoms in total. The van der Waals surface area contributed by atoms with Gasteiger partial charge in [0.25, 0.3) is 0 Å². The molecule has 1 aromatic heterocycles. The average molecular weight is 136 g/mol. The maximum atomic E-state index is 8.52. The molecule has 1 heterocycles. The van der Waals surface area contributed by atoms with E-state index in [0.717, 1.165) is 5.82 Å². The van der Waals surface area contributed by atoms with Gasteiger partial charge in [-0.25, -0.2) is 4.98 Å². The van der Waals surface area contributed by atoms with Gasteiger partial charge in [0.15, 0.2) is 11.5 Å². The molecule has 0 radical (unpaired) electrons. The van der Waals surface area contributed by atoms with Crippen molar-refractivity contribution in [3.8, 4) is 6.07 Å². The van der Waals surface area contributed by atoms with Crippen molar-refractivity contribution in [2.45, 2.75) is 6.92 Å². The Bertz CT molecular complexity index is 291. The second kappa shape index (κ2) is 2.03. The third-order valence-corrected chi connectivity index (χ3v) is 1.45. The van der Waals surface area contributed by atoms with Crippen LogP contribution in [0.2, 0.25) is 0 Å². The zero-order valence-electron chi connectivity index (χ0n) is 5.92. The number of aromatic nitrogens is 2. The molecule has 0 saturated carbocycles. The van der Waals surface area contributed by atoms with Gasteiger partial charge in [0, 0.05) is 7.05 Å². The van der Waals surface area contributed by atoms with Gasteiger partial charge in [0.05, 0.1) is 0 Å². The highest BCUT2D eigenvalue weighted by Gasteiger charge is 2.06. The Morgan fingerprint density at radius 3 is 2.50 bits per heavy atom. The smallest absolute Gasteiger partial charge is 0.164 e. The van der Waals surface area contributed by atoms with E-state index >= 15 is 0 Å². The monoisotopic (exact) mass is 136 g/mol. The van der Waals surface area contributed by atoms with E-state index in [4.69, 9.17) is 11.0 Å². The molecule has 0 aliphatic carbocycles. The summed E-state index contributed by atoms with van der Waals surface area (Å²) in [5.41, 5.74) is 5.83. The zero-order chi connectivity index (χ0) is 7.72. The molecule has 4 heteroatoms. The number of hydrogen-bond donors (Lipinski definition) is 1. The lowest BCUT2D eigenvalue weighted by Gasteiger charge is -1.92. The number of nitrogens with zero attached hydrogens (tertiary/aromatic N) is 3. The fourth-order valence-electron chi connectivity index (χ4n) is 0.768. The van der Waals surface area contributed by atoms with Crippen LogP contribution in [-0.2, 0) is 7.05 Å². The normalized spacial score (nSPS) is 9.30. The van der Waals surface area contributed by atoms with E-state index in [9.17, 15) is 0 Å². The van der Waals surface area contributed by atoms with Gasteiger partial charge in [-0.2, -0.15) is 5.26 Å². The van der Waals surface area contributed by atoms with Crippen molar-refractivity contribution >= 4 is 5.82 Å². The maximum absolute atomic E-state index is 8.52. The Hall–Kier alpha value is -1.50. The Morgan fingerprint density at radius 2 is 2.30 bits per heavy atom. The summed E-state index contributed by atoms with van der Waals surface area (Å²) in [6.07, 6.45) is 0. The molecule has 0 spiro atoms. The molecule has 0 atom stereocenters. The van der Waals surface area contributed by atoms with Crippen LogP contribution in [0, 0.1) is 18.3 Å². The second-order valence-electron chi connectivity index (χ2n) is 2.06. The van der Waals surface area contributed by atoms with E-state index in [2.05, 4.69) is 4.98 Å². The standard InChI is InChI=1S/C6H8N4/c1-4-9-6(8)5(3-7)10(4)2/h8H2,1-2H3. The molecule has 0 fully saturated rings. The predicted molar refractivity (Wildman–Crippen MR) is 37.1 cm³/mol. The van der Waals surface area contributed by atoms with E-state index in [0.29, 0.717) is 11.5 Å². The number of nitrogens with two attached hydrogens (primary N) is 1. The molecular formula is C6H8N4. The summed E-state index contributed by atoms with van der Waals surface area (Å²) < 4.78 is 1.66. The lowest BCUT2D eigenvalue weighted by Crippen LogP contribution is -1.95. The Labute approximate surface area is 58.9 Å². The van der Waals surface area contributed by atoms with Crippen LogP contribution in [0.15, 0.2) is 0 Å². The van der Waals surface area contributed by atoms with E-state index < -0.39 is 0 Å². The lowest BCUT2D eigenvalue weighted by molar-refractivity contribution is 0.845. The van der Waals surface area contributed by atoms with Crippen molar-refractivity contribution in [3.63, 3.8) is 0 Å². The van der Waals surface area contributed by atoms with Crippen LogP contribution in [0.25, 0.3) is 0 Å². The van der Waals surface area contributed by atoms with Gasteiger partial charge in [-0.05, 0) is 6.92 Å². The molecule has 2 N–H and O–H groups in total. The average Bonchev–Trinajstić information content (AvgIpc) is 2.09. The van der Waals surface area contributed by atoms with Crippen LogP contribution < -0.4 is 5.73 Å². The second-order valence-corrected chi connectivity index (χ2v) is 2.06. The summed E-state index contributed by atoms with van der Waals surface area (Å²) in [5, 5.41) is 8.52. The number of nitriles is 1. The summed E-state index contributed by atoms with van der Waals surface area (Å²) in [4.78, 5) is 3.90. The molecule has 0 amide bonds. The van der Waals surface area contributed by atoms with Gasteiger partial charge in [0.1, 0.15) is 11.9 Å². The molecule has 1 aromatic rings. The van der Waals surface area contributed by atoms with Crippen molar-refractivity contribution in [3.05, 3.63) is 11.5 Å². The topological polar surface area (TPSA) is 67.6 Å². The van der Waals surface area contributed by atoms with Crippen LogP contribution >= 0.6 is 0 Å². The molecule has 1 rings (SSSR count). The molecule has 0 aromatic carbocycles. The highest BCUT2D eigenvalue weighted by atomic mass is 15.1. The van der Waals surface area contributed by atoms with E-state index in [1.54, 1.807) is 18.5 Å². The number of imidazole rings is 1. The molecule has 52 valence electrons. The van der Waals surface area contributed by atoms with Crippen LogP contribution in [0.5, 0.6) is 0 Å². The first-order valence-electron chi connectivity index (χ1n) is 2.85. The number of anilines is 1. The quantitative estimate of drug-likeness (QED) is 0.553. The van der Waals surface area contributed by atoms with Gasteiger partial charge in [-0.1, -0.05) is 0 Å². The molecule has 10 heavy (non-hydrogen) atoms. The fourth-order valence-corrected chi connectivity index (χ4v) is 0.768. The van der Waals surface area contributed by atoms with Crippen molar-refractivity contribution in [1.82, 2.24) is 9.55 Å². The summed E-state index contributed by atoms with van der Waals surface area (Å²) in [7, 11) is 1.76. The third-order valence-electron chi connectivity index (χ3n) is 1.45. The number of hydrogen-bond acceptors (Lipinski definition) is 3. The minimum Gasteiger partial charge on any atom is -0.381 e. The summed E-state index contributed by atoms with van der Waals surface area (Å²) in [6.45, 7) is 1.80. The Kier molecular flexibility index (Phi) is 1.34. The van der Waals surface area contributed by atoms with Crippen LogP contribution in [0.4, 0.5) is 5.82 Å². The summed E-state index contributed by atoms with van der Waals surface area (Å²) in [5.74, 6) is 1.07. The van der Waals surface area contributed by atoms with E-state index in [1.165, 1.54) is 0 Å². The van der Waals surface area contributed by atoms with Crippen LogP contribution in [-0.4, -0.2) is 9.55 Å². The van der Waals surface area contributed by atoms with E-state index in [1.807, 2.05) is 6.07 Å². The largest absolute Gasteiger partial charge is 0.381 e. The molecule has 0 aliphatic rings. The molecule has 0 saturated heterocycles. The van der Waals surface area contributed by atoms with Gasteiger partial charge >= 0.3 is 0 Å². The van der Waals surface area contributed by atoms with Crippen molar-refractivity contribution in [2.75, 3.05) is 5.73 Å². The minimum absolute atomic E-state index is 0.308. The summed E-state index contributed by atoms with van der Waals surface area (Å²) >= 11 is 0. The van der Waals surface area contributed by atoms with E-state index in [-0.39, 0.29) is 0 Å². The number of aryl methyl sites for hydroxylation is 1. The first kappa shape index (κ1) is 6.62. The molecule has 0 unspecified atom stereocenters.